The van der Waals surface area contributed by atoms with E-state index in [0.717, 1.165) is 16.5 Å². The number of fused-ring (bicyclic) bond motifs is 1. The maximum absolute atomic E-state index is 8.45. The summed E-state index contributed by atoms with van der Waals surface area (Å²) in [6, 6.07) is 3.60. The van der Waals surface area contributed by atoms with Gasteiger partial charge in [-0.3, -0.25) is 0 Å². The van der Waals surface area contributed by atoms with Gasteiger partial charge in [0.05, 0.1) is 23.9 Å². The highest BCUT2D eigenvalue weighted by molar-refractivity contribution is 9.10. The molecule has 1 aliphatic rings. The standard InChI is InChI=1S/C10H10BrNO3/c11-8-4-7(6-12-13)5-9-10(8)15-3-1-2-14-9/h4-6,13H,1-3H2. The van der Waals surface area contributed by atoms with Crippen LogP contribution in [0, 0.1) is 0 Å². The zero-order valence-corrected chi connectivity index (χ0v) is 9.53. The topological polar surface area (TPSA) is 51.1 Å². The first-order valence-corrected chi connectivity index (χ1v) is 5.37. The van der Waals surface area contributed by atoms with Crippen molar-refractivity contribution in [2.45, 2.75) is 6.42 Å². The molecule has 0 fully saturated rings. The lowest BCUT2D eigenvalue weighted by molar-refractivity contribution is 0.296. The first-order valence-electron chi connectivity index (χ1n) is 4.58. The number of ether oxygens (including phenoxy) is 2. The molecule has 1 N–H and O–H groups in total. The Morgan fingerprint density at radius 3 is 2.93 bits per heavy atom. The zero-order valence-electron chi connectivity index (χ0n) is 7.94. The molecule has 1 aromatic carbocycles. The molecule has 15 heavy (non-hydrogen) atoms. The summed E-state index contributed by atoms with van der Waals surface area (Å²) >= 11 is 3.39. The Balaban J connectivity index is 2.43. The van der Waals surface area contributed by atoms with Crippen molar-refractivity contribution in [2.75, 3.05) is 13.2 Å². The van der Waals surface area contributed by atoms with E-state index in [1.54, 1.807) is 6.07 Å². The molecule has 1 aliphatic heterocycles. The average molecular weight is 272 g/mol. The zero-order chi connectivity index (χ0) is 10.7. The van der Waals surface area contributed by atoms with Gasteiger partial charge in [-0.1, -0.05) is 5.16 Å². The molecular weight excluding hydrogens is 262 g/mol. The molecule has 2 rings (SSSR count). The lowest BCUT2D eigenvalue weighted by atomic mass is 10.2. The molecule has 0 saturated carbocycles. The summed E-state index contributed by atoms with van der Waals surface area (Å²) in [4.78, 5) is 0. The van der Waals surface area contributed by atoms with Crippen LogP contribution in [0.3, 0.4) is 0 Å². The van der Waals surface area contributed by atoms with Crippen LogP contribution < -0.4 is 9.47 Å². The van der Waals surface area contributed by atoms with E-state index in [-0.39, 0.29) is 0 Å². The molecule has 0 bridgehead atoms. The number of halogens is 1. The fourth-order valence-electron chi connectivity index (χ4n) is 1.39. The van der Waals surface area contributed by atoms with Gasteiger partial charge in [-0.15, -0.1) is 0 Å². The van der Waals surface area contributed by atoms with E-state index in [1.807, 2.05) is 6.07 Å². The predicted octanol–water partition coefficient (Wildman–Crippen LogP) is 2.42. The van der Waals surface area contributed by atoms with Crippen LogP contribution in [0.4, 0.5) is 0 Å². The highest BCUT2D eigenvalue weighted by Crippen LogP contribution is 2.37. The first-order chi connectivity index (χ1) is 7.31. The fourth-order valence-corrected chi connectivity index (χ4v) is 1.97. The molecule has 0 unspecified atom stereocenters. The van der Waals surface area contributed by atoms with Gasteiger partial charge in [0.15, 0.2) is 11.5 Å². The summed E-state index contributed by atoms with van der Waals surface area (Å²) in [5.41, 5.74) is 0.758. The monoisotopic (exact) mass is 271 g/mol. The van der Waals surface area contributed by atoms with Crippen molar-refractivity contribution in [3.8, 4) is 11.5 Å². The van der Waals surface area contributed by atoms with Gasteiger partial charge in [0, 0.05) is 12.0 Å². The van der Waals surface area contributed by atoms with E-state index in [4.69, 9.17) is 14.7 Å². The van der Waals surface area contributed by atoms with Gasteiger partial charge < -0.3 is 14.7 Å². The number of benzene rings is 1. The number of oxime groups is 1. The Morgan fingerprint density at radius 1 is 1.33 bits per heavy atom. The molecule has 0 aromatic heterocycles. The van der Waals surface area contributed by atoms with Gasteiger partial charge in [-0.25, -0.2) is 0 Å². The van der Waals surface area contributed by atoms with Gasteiger partial charge >= 0.3 is 0 Å². The van der Waals surface area contributed by atoms with E-state index >= 15 is 0 Å². The first kappa shape index (κ1) is 10.3. The number of hydrogen-bond acceptors (Lipinski definition) is 4. The van der Waals surface area contributed by atoms with Crippen LogP contribution in [-0.2, 0) is 0 Å². The van der Waals surface area contributed by atoms with Crippen LogP contribution in [-0.4, -0.2) is 24.6 Å². The van der Waals surface area contributed by atoms with Crippen LogP contribution in [0.2, 0.25) is 0 Å². The minimum absolute atomic E-state index is 0.638. The molecule has 0 saturated heterocycles. The Labute approximate surface area is 95.6 Å². The number of rotatable bonds is 1. The summed E-state index contributed by atoms with van der Waals surface area (Å²) in [7, 11) is 0. The smallest absolute Gasteiger partial charge is 0.175 e. The molecule has 0 amide bonds. The summed E-state index contributed by atoms with van der Waals surface area (Å²) in [6.45, 7) is 1.29. The van der Waals surface area contributed by atoms with E-state index in [9.17, 15) is 0 Å². The molecular formula is C10H10BrNO3. The second kappa shape index (κ2) is 4.53. The van der Waals surface area contributed by atoms with E-state index < -0.39 is 0 Å². The van der Waals surface area contributed by atoms with Crippen molar-refractivity contribution in [3.63, 3.8) is 0 Å². The molecule has 1 heterocycles. The Bertz CT molecular complexity index is 392. The Hall–Kier alpha value is -1.23. The van der Waals surface area contributed by atoms with Crippen molar-refractivity contribution >= 4 is 22.1 Å². The van der Waals surface area contributed by atoms with Crippen molar-refractivity contribution < 1.29 is 14.7 Å². The van der Waals surface area contributed by atoms with E-state index in [2.05, 4.69) is 21.1 Å². The molecule has 80 valence electrons. The maximum atomic E-state index is 8.45. The molecule has 4 nitrogen and oxygen atoms in total. The van der Waals surface area contributed by atoms with Crippen molar-refractivity contribution in [2.24, 2.45) is 5.16 Å². The third-order valence-corrected chi connectivity index (χ3v) is 2.62. The molecule has 5 heteroatoms. The lowest BCUT2D eigenvalue weighted by Gasteiger charge is -2.09. The van der Waals surface area contributed by atoms with Crippen LogP contribution in [0.1, 0.15) is 12.0 Å². The maximum Gasteiger partial charge on any atom is 0.175 e. The Morgan fingerprint density at radius 2 is 2.13 bits per heavy atom. The summed E-state index contributed by atoms with van der Waals surface area (Å²) < 4.78 is 11.9. The molecule has 0 radical (unpaired) electrons. The summed E-state index contributed by atoms with van der Waals surface area (Å²) in [5, 5.41) is 11.4. The molecule has 1 aromatic rings. The summed E-state index contributed by atoms with van der Waals surface area (Å²) in [6.07, 6.45) is 2.21. The minimum Gasteiger partial charge on any atom is -0.489 e. The molecule has 0 atom stereocenters. The van der Waals surface area contributed by atoms with Gasteiger partial charge in [0.2, 0.25) is 0 Å². The van der Waals surface area contributed by atoms with Gasteiger partial charge in [0.25, 0.3) is 0 Å². The fraction of sp³-hybridized carbons (Fsp3) is 0.300. The second-order valence-corrected chi connectivity index (χ2v) is 3.98. The van der Waals surface area contributed by atoms with Crippen LogP contribution >= 0.6 is 15.9 Å². The van der Waals surface area contributed by atoms with E-state index in [0.29, 0.717) is 24.7 Å². The SMILES string of the molecule is ON=Cc1cc(Br)c2c(c1)OCCCO2. The van der Waals surface area contributed by atoms with Crippen LogP contribution in [0.25, 0.3) is 0 Å². The number of hydrogen-bond donors (Lipinski definition) is 1. The Kier molecular flexibility index (Phi) is 3.11. The average Bonchev–Trinajstić information content (AvgIpc) is 2.43. The van der Waals surface area contributed by atoms with Crippen molar-refractivity contribution in [3.05, 3.63) is 22.2 Å². The third-order valence-electron chi connectivity index (χ3n) is 2.03. The second-order valence-electron chi connectivity index (χ2n) is 3.13. The van der Waals surface area contributed by atoms with Crippen LogP contribution in [0.5, 0.6) is 11.5 Å². The molecule has 0 aliphatic carbocycles. The van der Waals surface area contributed by atoms with E-state index in [1.165, 1.54) is 6.21 Å². The van der Waals surface area contributed by atoms with Gasteiger partial charge in [-0.05, 0) is 28.1 Å². The van der Waals surface area contributed by atoms with Crippen LogP contribution in [0.15, 0.2) is 21.8 Å². The summed E-state index contributed by atoms with van der Waals surface area (Å²) in [5.74, 6) is 1.39. The highest BCUT2D eigenvalue weighted by atomic mass is 79.9. The van der Waals surface area contributed by atoms with Gasteiger partial charge in [-0.2, -0.15) is 0 Å². The third kappa shape index (κ3) is 2.23. The quantitative estimate of drug-likeness (QED) is 0.485. The van der Waals surface area contributed by atoms with Crippen molar-refractivity contribution in [1.82, 2.24) is 0 Å². The predicted molar refractivity (Wildman–Crippen MR) is 59.1 cm³/mol. The minimum atomic E-state index is 0.638. The number of nitrogens with zero attached hydrogens (tertiary/aromatic N) is 1. The van der Waals surface area contributed by atoms with Crippen molar-refractivity contribution in [1.29, 1.82) is 0 Å². The largest absolute Gasteiger partial charge is 0.489 e. The molecule has 0 spiro atoms. The lowest BCUT2D eigenvalue weighted by Crippen LogP contribution is -1.97. The van der Waals surface area contributed by atoms with Gasteiger partial charge in [0.1, 0.15) is 0 Å². The highest BCUT2D eigenvalue weighted by Gasteiger charge is 2.14. The normalized spacial score (nSPS) is 15.3.